The Kier molecular flexibility index (Phi) is 7.36. The highest BCUT2D eigenvalue weighted by atomic mass is 32.2. The van der Waals surface area contributed by atoms with Gasteiger partial charge in [0.25, 0.3) is 5.69 Å². The van der Waals surface area contributed by atoms with Crippen molar-refractivity contribution in [1.82, 2.24) is 10.0 Å². The summed E-state index contributed by atoms with van der Waals surface area (Å²) in [5.74, 6) is -1.08. The Labute approximate surface area is 165 Å². The molecular formula is C18H20N4O5S. The molecule has 5 N–H and O–H groups in total. The molecule has 2 amide bonds. The number of rotatable bonds is 9. The summed E-state index contributed by atoms with van der Waals surface area (Å²) >= 11 is 0.956. The number of benzene rings is 2. The quantitative estimate of drug-likeness (QED) is 0.281. The zero-order valence-electron chi connectivity index (χ0n) is 15.0. The maximum Gasteiger partial charge on any atom is 0.284 e. The lowest BCUT2D eigenvalue weighted by Crippen LogP contribution is -2.50. The predicted octanol–water partition coefficient (Wildman–Crippen LogP) is 1.50. The SMILES string of the molecule is C[C@H](NSc1ccccc1[N+](=O)[O-])C(=O)N[C@@H](Cc1ccc(O)cc1)C(N)=O. The van der Waals surface area contributed by atoms with Gasteiger partial charge in [-0.1, -0.05) is 24.3 Å². The molecule has 2 rings (SSSR count). The third-order valence-electron chi connectivity index (χ3n) is 3.84. The average Bonchev–Trinajstić information content (AvgIpc) is 2.67. The van der Waals surface area contributed by atoms with Gasteiger partial charge in [-0.15, -0.1) is 0 Å². The van der Waals surface area contributed by atoms with Crippen LogP contribution in [0.1, 0.15) is 12.5 Å². The summed E-state index contributed by atoms with van der Waals surface area (Å²) < 4.78 is 2.82. The smallest absolute Gasteiger partial charge is 0.284 e. The van der Waals surface area contributed by atoms with Crippen LogP contribution in [-0.4, -0.2) is 33.9 Å². The number of carbonyl (C=O) groups excluding carboxylic acids is 2. The fourth-order valence-electron chi connectivity index (χ4n) is 2.29. The van der Waals surface area contributed by atoms with Crippen LogP contribution >= 0.6 is 11.9 Å². The first-order valence-corrected chi connectivity index (χ1v) is 9.13. The van der Waals surface area contributed by atoms with Crippen molar-refractivity contribution in [3.63, 3.8) is 0 Å². The molecule has 2 aromatic rings. The van der Waals surface area contributed by atoms with Crippen LogP contribution in [0, 0.1) is 10.1 Å². The summed E-state index contributed by atoms with van der Waals surface area (Å²) in [6.07, 6.45) is 0.172. The molecule has 0 aromatic heterocycles. The topological polar surface area (TPSA) is 148 Å². The van der Waals surface area contributed by atoms with E-state index < -0.39 is 28.8 Å². The molecule has 148 valence electrons. The van der Waals surface area contributed by atoms with E-state index in [9.17, 15) is 24.8 Å². The van der Waals surface area contributed by atoms with Crippen LogP contribution in [-0.2, 0) is 16.0 Å². The summed E-state index contributed by atoms with van der Waals surface area (Å²) in [6, 6.07) is 10.7. The van der Waals surface area contributed by atoms with E-state index >= 15 is 0 Å². The van der Waals surface area contributed by atoms with Gasteiger partial charge in [0.1, 0.15) is 16.7 Å². The maximum absolute atomic E-state index is 12.4. The first-order valence-electron chi connectivity index (χ1n) is 8.31. The van der Waals surface area contributed by atoms with Gasteiger partial charge in [-0.3, -0.25) is 19.7 Å². The number of nitrogens with zero attached hydrogens (tertiary/aromatic N) is 1. The molecule has 0 fully saturated rings. The Morgan fingerprint density at radius 1 is 1.21 bits per heavy atom. The predicted molar refractivity (Wildman–Crippen MR) is 104 cm³/mol. The monoisotopic (exact) mass is 404 g/mol. The van der Waals surface area contributed by atoms with Gasteiger partial charge in [0.15, 0.2) is 0 Å². The Hall–Kier alpha value is -3.11. The summed E-state index contributed by atoms with van der Waals surface area (Å²) in [4.78, 5) is 35.0. The minimum atomic E-state index is -0.933. The number of phenols is 1. The van der Waals surface area contributed by atoms with Crippen LogP contribution in [0.3, 0.4) is 0 Å². The molecular weight excluding hydrogens is 384 g/mol. The number of primary amides is 1. The lowest BCUT2D eigenvalue weighted by atomic mass is 10.0. The number of nitro groups is 1. The van der Waals surface area contributed by atoms with E-state index in [1.54, 1.807) is 37.3 Å². The summed E-state index contributed by atoms with van der Waals surface area (Å²) in [6.45, 7) is 1.57. The standard InChI is InChI=1S/C18H20N4O5S/c1-11(21-28-16-5-3-2-4-15(16)22(26)27)18(25)20-14(17(19)24)10-12-6-8-13(23)9-7-12/h2-9,11,14,21,23H,10H2,1H3,(H2,19,24)(H,20,25)/t11-,14-/m0/s1. The molecule has 2 atom stereocenters. The molecule has 0 aliphatic carbocycles. The van der Waals surface area contributed by atoms with Gasteiger partial charge < -0.3 is 16.2 Å². The third-order valence-corrected chi connectivity index (χ3v) is 4.87. The molecule has 0 bridgehead atoms. The maximum atomic E-state index is 12.4. The highest BCUT2D eigenvalue weighted by molar-refractivity contribution is 7.97. The zero-order chi connectivity index (χ0) is 20.7. The number of nitrogens with two attached hydrogens (primary N) is 1. The van der Waals surface area contributed by atoms with Gasteiger partial charge in [-0.05, 0) is 42.6 Å². The molecule has 2 aromatic carbocycles. The Bertz CT molecular complexity index is 859. The number of nitro benzene ring substituents is 1. The lowest BCUT2D eigenvalue weighted by molar-refractivity contribution is -0.387. The van der Waals surface area contributed by atoms with E-state index in [0.29, 0.717) is 4.90 Å². The van der Waals surface area contributed by atoms with Crippen molar-refractivity contribution in [2.24, 2.45) is 5.73 Å². The summed E-state index contributed by atoms with van der Waals surface area (Å²) in [5, 5.41) is 22.9. The van der Waals surface area contributed by atoms with Gasteiger partial charge in [0, 0.05) is 12.5 Å². The molecule has 0 saturated heterocycles. The van der Waals surface area contributed by atoms with Crippen molar-refractivity contribution in [1.29, 1.82) is 0 Å². The number of carbonyl (C=O) groups is 2. The summed E-state index contributed by atoms with van der Waals surface area (Å²) in [5.41, 5.74) is 6.02. The van der Waals surface area contributed by atoms with Crippen LogP contribution in [0.2, 0.25) is 0 Å². The number of hydrogen-bond donors (Lipinski definition) is 4. The second-order valence-electron chi connectivity index (χ2n) is 6.00. The number of phenolic OH excluding ortho intramolecular Hbond substituents is 1. The first-order chi connectivity index (χ1) is 13.3. The van der Waals surface area contributed by atoms with Crippen LogP contribution in [0.4, 0.5) is 5.69 Å². The lowest BCUT2D eigenvalue weighted by Gasteiger charge is -2.19. The fraction of sp³-hybridized carbons (Fsp3) is 0.222. The van der Waals surface area contributed by atoms with Gasteiger partial charge in [0.2, 0.25) is 11.8 Å². The van der Waals surface area contributed by atoms with Gasteiger partial charge in [0.05, 0.1) is 11.0 Å². The molecule has 0 aliphatic heterocycles. The largest absolute Gasteiger partial charge is 0.508 e. The molecule has 0 spiro atoms. The second-order valence-corrected chi connectivity index (χ2v) is 6.88. The summed E-state index contributed by atoms with van der Waals surface area (Å²) in [7, 11) is 0. The van der Waals surface area contributed by atoms with Gasteiger partial charge in [-0.2, -0.15) is 0 Å². The number of para-hydroxylation sites is 1. The minimum absolute atomic E-state index is 0.0741. The van der Waals surface area contributed by atoms with E-state index in [2.05, 4.69) is 10.0 Å². The number of hydrogen-bond acceptors (Lipinski definition) is 7. The second kappa shape index (κ2) is 9.72. The van der Waals surface area contributed by atoms with Crippen LogP contribution in [0.25, 0.3) is 0 Å². The van der Waals surface area contributed by atoms with E-state index in [4.69, 9.17) is 5.73 Å². The zero-order valence-corrected chi connectivity index (χ0v) is 15.8. The van der Waals surface area contributed by atoms with Crippen molar-refractivity contribution in [3.8, 4) is 5.75 Å². The highest BCUT2D eigenvalue weighted by Crippen LogP contribution is 2.26. The van der Waals surface area contributed by atoms with Crippen molar-refractivity contribution >= 4 is 29.4 Å². The molecule has 0 unspecified atom stereocenters. The molecule has 9 nitrogen and oxygen atoms in total. The highest BCUT2D eigenvalue weighted by Gasteiger charge is 2.23. The average molecular weight is 404 g/mol. The Balaban J connectivity index is 1.96. The number of aromatic hydroxyl groups is 1. The van der Waals surface area contributed by atoms with Crippen LogP contribution in [0.5, 0.6) is 5.75 Å². The molecule has 28 heavy (non-hydrogen) atoms. The third kappa shape index (κ3) is 5.96. The Morgan fingerprint density at radius 3 is 2.46 bits per heavy atom. The van der Waals surface area contributed by atoms with Crippen molar-refractivity contribution < 1.29 is 19.6 Å². The number of amides is 2. The fourth-order valence-corrected chi connectivity index (χ4v) is 3.09. The normalized spacial score (nSPS) is 12.8. The van der Waals surface area contributed by atoms with Crippen LogP contribution in [0.15, 0.2) is 53.4 Å². The van der Waals surface area contributed by atoms with Crippen molar-refractivity contribution in [3.05, 3.63) is 64.2 Å². The van der Waals surface area contributed by atoms with Gasteiger partial charge >= 0.3 is 0 Å². The van der Waals surface area contributed by atoms with Crippen LogP contribution < -0.4 is 15.8 Å². The molecule has 0 saturated carbocycles. The van der Waals surface area contributed by atoms with E-state index in [-0.39, 0.29) is 17.9 Å². The van der Waals surface area contributed by atoms with Gasteiger partial charge in [-0.25, -0.2) is 4.72 Å². The number of nitrogens with one attached hydrogen (secondary N) is 2. The first kappa shape index (κ1) is 21.2. The van der Waals surface area contributed by atoms with E-state index in [0.717, 1.165) is 17.5 Å². The van der Waals surface area contributed by atoms with E-state index in [1.807, 2.05) is 0 Å². The molecule has 10 heteroatoms. The van der Waals surface area contributed by atoms with Crippen molar-refractivity contribution in [2.75, 3.05) is 0 Å². The molecule has 0 heterocycles. The van der Waals surface area contributed by atoms with E-state index in [1.165, 1.54) is 18.2 Å². The molecule has 0 radical (unpaired) electrons. The molecule has 0 aliphatic rings. The minimum Gasteiger partial charge on any atom is -0.508 e. The van der Waals surface area contributed by atoms with Crippen molar-refractivity contribution in [2.45, 2.75) is 30.3 Å². The Morgan fingerprint density at radius 2 is 1.86 bits per heavy atom.